The number of carboxylic acids is 1. The molecule has 0 radical (unpaired) electrons. The standard InChI is InChI=1S/C19H16N2O4/c22-19(23)16-6-2-5-15-13-3-1-4-14(13)17(20-18(15)16)11-7-9-12(10-8-11)21(24)25/h1-3,5-10,13-14,17,20H,4H2,(H,22,23)/p-1/t13-,14+,17-/m1/s1. The van der Waals surface area contributed by atoms with Crippen molar-refractivity contribution in [1.29, 1.82) is 0 Å². The molecular weight excluding hydrogens is 320 g/mol. The first-order valence-corrected chi connectivity index (χ1v) is 8.08. The van der Waals surface area contributed by atoms with E-state index in [1.807, 2.05) is 6.07 Å². The Labute approximate surface area is 144 Å². The second kappa shape index (κ2) is 5.73. The van der Waals surface area contributed by atoms with Gasteiger partial charge in [0.25, 0.3) is 5.69 Å². The highest BCUT2D eigenvalue weighted by Crippen LogP contribution is 2.50. The molecule has 126 valence electrons. The predicted octanol–water partition coefficient (Wildman–Crippen LogP) is 2.78. The predicted molar refractivity (Wildman–Crippen MR) is 90.2 cm³/mol. The number of hydrogen-bond acceptors (Lipinski definition) is 5. The van der Waals surface area contributed by atoms with Gasteiger partial charge in [0, 0.05) is 29.3 Å². The van der Waals surface area contributed by atoms with Gasteiger partial charge >= 0.3 is 0 Å². The Morgan fingerprint density at radius 1 is 1.16 bits per heavy atom. The highest BCUT2D eigenvalue weighted by molar-refractivity contribution is 5.94. The van der Waals surface area contributed by atoms with Crippen LogP contribution in [0.2, 0.25) is 0 Å². The molecular formula is C19H15N2O4-. The third-order valence-corrected chi connectivity index (χ3v) is 5.08. The molecule has 0 aromatic heterocycles. The summed E-state index contributed by atoms with van der Waals surface area (Å²) in [5, 5.41) is 25.7. The van der Waals surface area contributed by atoms with Crippen molar-refractivity contribution in [2.24, 2.45) is 5.92 Å². The maximum atomic E-state index is 11.5. The summed E-state index contributed by atoms with van der Waals surface area (Å²) in [6.07, 6.45) is 5.09. The molecule has 25 heavy (non-hydrogen) atoms. The van der Waals surface area contributed by atoms with Crippen molar-refractivity contribution in [3.05, 3.63) is 81.4 Å². The third kappa shape index (κ3) is 2.46. The lowest BCUT2D eigenvalue weighted by atomic mass is 9.76. The number of anilines is 1. The molecule has 1 N–H and O–H groups in total. The zero-order valence-corrected chi connectivity index (χ0v) is 13.2. The third-order valence-electron chi connectivity index (χ3n) is 5.08. The number of carboxylic acid groups (broad SMARTS) is 1. The van der Waals surface area contributed by atoms with E-state index in [-0.39, 0.29) is 29.1 Å². The van der Waals surface area contributed by atoms with Gasteiger partial charge in [0.15, 0.2) is 0 Å². The van der Waals surface area contributed by atoms with Crippen LogP contribution in [0.5, 0.6) is 0 Å². The van der Waals surface area contributed by atoms with Gasteiger partial charge in [0.05, 0.1) is 16.9 Å². The number of aromatic carboxylic acids is 1. The molecule has 1 aliphatic carbocycles. The Hall–Kier alpha value is -3.15. The van der Waals surface area contributed by atoms with Gasteiger partial charge in [-0.15, -0.1) is 0 Å². The number of nitro benzene ring substituents is 1. The Kier molecular flexibility index (Phi) is 3.53. The summed E-state index contributed by atoms with van der Waals surface area (Å²) in [5.41, 5.74) is 2.63. The first-order chi connectivity index (χ1) is 12.1. The molecule has 2 aromatic carbocycles. The fourth-order valence-corrected chi connectivity index (χ4v) is 3.92. The average molecular weight is 335 g/mol. The van der Waals surface area contributed by atoms with E-state index in [0.717, 1.165) is 17.5 Å². The maximum absolute atomic E-state index is 11.5. The lowest BCUT2D eigenvalue weighted by molar-refractivity contribution is -0.384. The van der Waals surface area contributed by atoms with Gasteiger partial charge in [-0.25, -0.2) is 0 Å². The summed E-state index contributed by atoms with van der Waals surface area (Å²) >= 11 is 0. The van der Waals surface area contributed by atoms with E-state index in [0.29, 0.717) is 5.69 Å². The Morgan fingerprint density at radius 2 is 1.92 bits per heavy atom. The lowest BCUT2D eigenvalue weighted by Crippen LogP contribution is -2.32. The zero-order chi connectivity index (χ0) is 17.6. The SMILES string of the molecule is O=C([O-])c1cccc2c1N[C@H](c1ccc([N+](=O)[O-])cc1)[C@H]1CC=C[C@@H]21. The Bertz CT molecular complexity index is 889. The van der Waals surface area contributed by atoms with Crippen molar-refractivity contribution in [2.45, 2.75) is 18.4 Å². The maximum Gasteiger partial charge on any atom is 0.269 e. The van der Waals surface area contributed by atoms with Gasteiger partial charge in [-0.3, -0.25) is 10.1 Å². The molecule has 0 spiro atoms. The van der Waals surface area contributed by atoms with E-state index >= 15 is 0 Å². The molecule has 0 amide bonds. The van der Waals surface area contributed by atoms with Crippen molar-refractivity contribution >= 4 is 17.3 Å². The number of allylic oxidation sites excluding steroid dienone is 2. The highest BCUT2D eigenvalue weighted by atomic mass is 16.6. The second-order valence-electron chi connectivity index (χ2n) is 6.38. The summed E-state index contributed by atoms with van der Waals surface area (Å²) in [6, 6.07) is 11.5. The minimum atomic E-state index is -1.22. The summed E-state index contributed by atoms with van der Waals surface area (Å²) in [5.74, 6) is -0.853. The van der Waals surface area contributed by atoms with Crippen LogP contribution in [0.4, 0.5) is 11.4 Å². The van der Waals surface area contributed by atoms with Crippen molar-refractivity contribution in [2.75, 3.05) is 5.32 Å². The number of nitrogens with one attached hydrogen (secondary N) is 1. The summed E-state index contributed by atoms with van der Waals surface area (Å²) < 4.78 is 0. The van der Waals surface area contributed by atoms with Crippen LogP contribution in [0.3, 0.4) is 0 Å². The summed E-state index contributed by atoms with van der Waals surface area (Å²) in [6.45, 7) is 0. The monoisotopic (exact) mass is 335 g/mol. The van der Waals surface area contributed by atoms with Crippen LogP contribution in [0, 0.1) is 16.0 Å². The number of nitro groups is 1. The van der Waals surface area contributed by atoms with Crippen LogP contribution in [-0.4, -0.2) is 10.9 Å². The number of carbonyl (C=O) groups excluding carboxylic acids is 1. The molecule has 6 nitrogen and oxygen atoms in total. The van der Waals surface area contributed by atoms with Gasteiger partial charge in [-0.1, -0.05) is 42.5 Å². The molecule has 2 aromatic rings. The fraction of sp³-hybridized carbons (Fsp3) is 0.211. The van der Waals surface area contributed by atoms with E-state index < -0.39 is 10.9 Å². The number of non-ortho nitro benzene ring substituents is 1. The molecule has 1 heterocycles. The van der Waals surface area contributed by atoms with E-state index in [4.69, 9.17) is 0 Å². The average Bonchev–Trinajstić information content (AvgIpc) is 3.10. The summed E-state index contributed by atoms with van der Waals surface area (Å²) in [7, 11) is 0. The van der Waals surface area contributed by atoms with Crippen LogP contribution in [0.15, 0.2) is 54.6 Å². The molecule has 4 rings (SSSR count). The number of fused-ring (bicyclic) bond motifs is 3. The first kappa shape index (κ1) is 15.4. The number of rotatable bonds is 3. The van der Waals surface area contributed by atoms with E-state index in [1.165, 1.54) is 18.2 Å². The van der Waals surface area contributed by atoms with Crippen LogP contribution < -0.4 is 10.4 Å². The van der Waals surface area contributed by atoms with Crippen LogP contribution >= 0.6 is 0 Å². The van der Waals surface area contributed by atoms with Crippen molar-refractivity contribution in [3.8, 4) is 0 Å². The second-order valence-corrected chi connectivity index (χ2v) is 6.38. The molecule has 0 bridgehead atoms. The van der Waals surface area contributed by atoms with Crippen LogP contribution in [0.1, 0.15) is 39.9 Å². The quantitative estimate of drug-likeness (QED) is 0.529. The topological polar surface area (TPSA) is 95.3 Å². The number of benzene rings is 2. The Balaban J connectivity index is 1.78. The van der Waals surface area contributed by atoms with Crippen LogP contribution in [0.25, 0.3) is 0 Å². The number of nitrogens with zero attached hydrogens (tertiary/aromatic N) is 1. The first-order valence-electron chi connectivity index (χ1n) is 8.08. The van der Waals surface area contributed by atoms with Crippen molar-refractivity contribution in [1.82, 2.24) is 0 Å². The Morgan fingerprint density at radius 3 is 2.60 bits per heavy atom. The van der Waals surface area contributed by atoms with Gasteiger partial charge in [-0.05, 0) is 23.5 Å². The number of carbonyl (C=O) groups is 1. The van der Waals surface area contributed by atoms with Crippen molar-refractivity contribution < 1.29 is 14.8 Å². The molecule has 0 saturated carbocycles. The molecule has 0 fully saturated rings. The van der Waals surface area contributed by atoms with Crippen molar-refractivity contribution in [3.63, 3.8) is 0 Å². The zero-order valence-electron chi connectivity index (χ0n) is 13.2. The summed E-state index contributed by atoms with van der Waals surface area (Å²) in [4.78, 5) is 21.9. The van der Waals surface area contributed by atoms with Gasteiger partial charge in [0.2, 0.25) is 0 Å². The molecule has 6 heteroatoms. The molecule has 0 saturated heterocycles. The number of para-hydroxylation sites is 1. The fourth-order valence-electron chi connectivity index (χ4n) is 3.92. The highest BCUT2D eigenvalue weighted by Gasteiger charge is 2.38. The smallest absolute Gasteiger partial charge is 0.269 e. The lowest BCUT2D eigenvalue weighted by Gasteiger charge is -2.38. The molecule has 0 unspecified atom stereocenters. The normalized spacial score (nSPS) is 23.4. The van der Waals surface area contributed by atoms with Gasteiger partial charge in [-0.2, -0.15) is 0 Å². The molecule has 3 atom stereocenters. The van der Waals surface area contributed by atoms with Gasteiger partial charge < -0.3 is 15.2 Å². The number of hydrogen-bond donors (Lipinski definition) is 1. The van der Waals surface area contributed by atoms with E-state index in [1.54, 1.807) is 18.2 Å². The molecule has 1 aliphatic heterocycles. The minimum absolute atomic E-state index is 0.0384. The largest absolute Gasteiger partial charge is 0.545 e. The van der Waals surface area contributed by atoms with E-state index in [2.05, 4.69) is 17.5 Å². The molecule has 2 aliphatic rings. The van der Waals surface area contributed by atoms with Crippen LogP contribution in [-0.2, 0) is 0 Å². The minimum Gasteiger partial charge on any atom is -0.545 e. The van der Waals surface area contributed by atoms with Gasteiger partial charge in [0.1, 0.15) is 0 Å². The van der Waals surface area contributed by atoms with E-state index in [9.17, 15) is 20.0 Å².